The van der Waals surface area contributed by atoms with Crippen LogP contribution in [0.2, 0.25) is 0 Å². The predicted octanol–water partition coefficient (Wildman–Crippen LogP) is 1.98. The van der Waals surface area contributed by atoms with E-state index in [1.165, 1.54) is 0 Å². The lowest BCUT2D eigenvalue weighted by Gasteiger charge is -2.42. The first-order valence-corrected chi connectivity index (χ1v) is 11.2. The van der Waals surface area contributed by atoms with Crippen molar-refractivity contribution in [2.45, 2.75) is 38.1 Å². The number of amides is 3. The van der Waals surface area contributed by atoms with Crippen LogP contribution in [-0.2, 0) is 6.54 Å². The fraction of sp³-hybridized carbons (Fsp3) is 0.550. The van der Waals surface area contributed by atoms with Crippen LogP contribution in [0.1, 0.15) is 47.8 Å². The highest BCUT2D eigenvalue weighted by Crippen LogP contribution is 2.35. The van der Waals surface area contributed by atoms with Crippen LogP contribution in [-0.4, -0.2) is 62.1 Å². The first-order chi connectivity index (χ1) is 14.6. The van der Waals surface area contributed by atoms with Crippen LogP contribution in [0.4, 0.5) is 9.80 Å². The summed E-state index contributed by atoms with van der Waals surface area (Å²) in [5.41, 5.74) is 1.25. The lowest BCUT2D eigenvalue weighted by molar-refractivity contribution is 0.0719. The van der Waals surface area contributed by atoms with E-state index in [0.29, 0.717) is 24.6 Å². The minimum Gasteiger partial charge on any atom is -0.337 e. The fourth-order valence-electron chi connectivity index (χ4n) is 4.90. The van der Waals surface area contributed by atoms with Gasteiger partial charge in [-0.2, -0.15) is 0 Å². The third-order valence-electron chi connectivity index (χ3n) is 6.32. The lowest BCUT2D eigenvalue weighted by atomic mass is 9.83. The van der Waals surface area contributed by atoms with Crippen LogP contribution in [0.15, 0.2) is 23.0 Å². The zero-order valence-electron chi connectivity index (χ0n) is 16.6. The molecule has 3 amide bonds. The van der Waals surface area contributed by atoms with Gasteiger partial charge in [0, 0.05) is 61.9 Å². The minimum absolute atomic E-state index is 0.0247. The maximum atomic E-state index is 13.0. The molecule has 2 aromatic rings. The van der Waals surface area contributed by atoms with E-state index in [0.717, 1.165) is 56.0 Å². The maximum Gasteiger partial charge on any atom is 0.322 e. The van der Waals surface area contributed by atoms with Crippen LogP contribution >= 0.6 is 11.5 Å². The summed E-state index contributed by atoms with van der Waals surface area (Å²) >= 11 is 1.03. The molecule has 2 saturated heterocycles. The number of pyridine rings is 1. The van der Waals surface area contributed by atoms with Crippen molar-refractivity contribution in [1.29, 1.82) is 0 Å². The van der Waals surface area contributed by atoms with Gasteiger partial charge in [-0.3, -0.25) is 14.9 Å². The molecule has 0 radical (unpaired) electrons. The SMILES string of the molecule is O=C(Nc1snnc1C(=O)N1CCCCC1)N1C[C@@H]2C[C@H](C1)c1cccc(=O)n1C2. The predicted molar refractivity (Wildman–Crippen MR) is 112 cm³/mol. The third kappa shape index (κ3) is 3.49. The van der Waals surface area contributed by atoms with Crippen molar-refractivity contribution in [3.8, 4) is 0 Å². The molecule has 2 atom stereocenters. The van der Waals surface area contributed by atoms with E-state index in [1.807, 2.05) is 10.6 Å². The molecule has 10 heteroatoms. The van der Waals surface area contributed by atoms with Gasteiger partial charge in [0.25, 0.3) is 11.5 Å². The first kappa shape index (κ1) is 19.2. The van der Waals surface area contributed by atoms with Crippen LogP contribution in [0.3, 0.4) is 0 Å². The molecular weight excluding hydrogens is 404 g/mol. The van der Waals surface area contributed by atoms with Gasteiger partial charge in [0.05, 0.1) is 0 Å². The van der Waals surface area contributed by atoms with E-state index in [9.17, 15) is 14.4 Å². The van der Waals surface area contributed by atoms with Crippen molar-refractivity contribution in [3.63, 3.8) is 0 Å². The molecule has 5 rings (SSSR count). The van der Waals surface area contributed by atoms with Crippen molar-refractivity contribution in [1.82, 2.24) is 24.0 Å². The van der Waals surface area contributed by atoms with Gasteiger partial charge in [-0.15, -0.1) is 5.10 Å². The van der Waals surface area contributed by atoms with Gasteiger partial charge in [-0.05, 0) is 37.7 Å². The van der Waals surface area contributed by atoms with Gasteiger partial charge in [0.15, 0.2) is 10.7 Å². The average Bonchev–Trinajstić information content (AvgIpc) is 3.22. The number of carbonyl (C=O) groups excluding carboxylic acids is 2. The Balaban J connectivity index is 1.30. The topological polar surface area (TPSA) is 100 Å². The van der Waals surface area contributed by atoms with Crippen LogP contribution < -0.4 is 10.9 Å². The molecule has 9 nitrogen and oxygen atoms in total. The number of nitrogens with zero attached hydrogens (tertiary/aromatic N) is 5. The highest BCUT2D eigenvalue weighted by atomic mass is 32.1. The average molecular weight is 429 g/mol. The van der Waals surface area contributed by atoms with E-state index in [-0.39, 0.29) is 35.0 Å². The monoisotopic (exact) mass is 428 g/mol. The van der Waals surface area contributed by atoms with Crippen LogP contribution in [0, 0.1) is 5.92 Å². The highest BCUT2D eigenvalue weighted by Gasteiger charge is 2.37. The molecule has 0 unspecified atom stereocenters. The summed E-state index contributed by atoms with van der Waals surface area (Å²) in [4.78, 5) is 41.5. The number of hydrogen-bond acceptors (Lipinski definition) is 6. The largest absolute Gasteiger partial charge is 0.337 e. The molecule has 2 fully saturated rings. The molecule has 0 aliphatic carbocycles. The van der Waals surface area contributed by atoms with Crippen molar-refractivity contribution >= 4 is 28.5 Å². The summed E-state index contributed by atoms with van der Waals surface area (Å²) < 4.78 is 5.75. The second-order valence-electron chi connectivity index (χ2n) is 8.34. The van der Waals surface area contributed by atoms with Crippen molar-refractivity contribution in [2.75, 3.05) is 31.5 Å². The Morgan fingerprint density at radius 3 is 2.73 bits per heavy atom. The number of anilines is 1. The van der Waals surface area contributed by atoms with Crippen molar-refractivity contribution in [3.05, 3.63) is 39.9 Å². The molecule has 0 saturated carbocycles. The number of nitrogens with one attached hydrogen (secondary N) is 1. The van der Waals surface area contributed by atoms with Crippen LogP contribution in [0.25, 0.3) is 0 Å². The molecule has 3 aliphatic rings. The zero-order chi connectivity index (χ0) is 20.7. The molecule has 2 bridgehead atoms. The molecule has 1 N–H and O–H groups in total. The number of piperidine rings is 2. The third-order valence-corrected chi connectivity index (χ3v) is 6.96. The fourth-order valence-corrected chi connectivity index (χ4v) is 5.45. The minimum atomic E-state index is -0.241. The van der Waals surface area contributed by atoms with E-state index in [2.05, 4.69) is 14.9 Å². The Labute approximate surface area is 177 Å². The summed E-state index contributed by atoms with van der Waals surface area (Å²) in [6.07, 6.45) is 4.10. The van der Waals surface area contributed by atoms with Gasteiger partial charge in [0.1, 0.15) is 0 Å². The second kappa shape index (κ2) is 7.82. The maximum absolute atomic E-state index is 13.0. The molecule has 3 aliphatic heterocycles. The van der Waals surface area contributed by atoms with E-state index in [1.54, 1.807) is 21.9 Å². The molecule has 2 aromatic heterocycles. The molecule has 30 heavy (non-hydrogen) atoms. The lowest BCUT2D eigenvalue weighted by Crippen LogP contribution is -2.50. The number of rotatable bonds is 2. The number of likely N-dealkylation sites (tertiary alicyclic amines) is 2. The first-order valence-electron chi connectivity index (χ1n) is 10.5. The Morgan fingerprint density at radius 1 is 1.07 bits per heavy atom. The Hall–Kier alpha value is -2.75. The standard InChI is InChI=1S/C20H24N6O3S/c27-16-6-4-5-15-14-9-13(11-26(15)16)10-25(12-14)20(29)21-18-17(22-23-30-18)19(28)24-7-2-1-3-8-24/h4-6,13-14H,1-3,7-12H2,(H,21,29)/t13-,14+/m0/s1. The van der Waals surface area contributed by atoms with Crippen molar-refractivity contribution in [2.24, 2.45) is 5.92 Å². The molecular formula is C20H24N6O3S. The number of urea groups is 1. The van der Waals surface area contributed by atoms with E-state index < -0.39 is 0 Å². The second-order valence-corrected chi connectivity index (χ2v) is 9.09. The highest BCUT2D eigenvalue weighted by molar-refractivity contribution is 7.10. The van der Waals surface area contributed by atoms with Gasteiger partial charge in [-0.1, -0.05) is 10.6 Å². The summed E-state index contributed by atoms with van der Waals surface area (Å²) in [6, 6.07) is 5.11. The quantitative estimate of drug-likeness (QED) is 0.788. The molecule has 5 heterocycles. The smallest absolute Gasteiger partial charge is 0.322 e. The van der Waals surface area contributed by atoms with Gasteiger partial charge in [-0.25, -0.2) is 4.79 Å². The normalized spacial score (nSPS) is 23.1. The molecule has 0 spiro atoms. The molecule has 0 aromatic carbocycles. The number of hydrogen-bond donors (Lipinski definition) is 1. The van der Waals surface area contributed by atoms with E-state index >= 15 is 0 Å². The Bertz CT molecular complexity index is 1030. The summed E-state index contributed by atoms with van der Waals surface area (Å²) in [7, 11) is 0. The zero-order valence-corrected chi connectivity index (χ0v) is 17.4. The van der Waals surface area contributed by atoms with Gasteiger partial charge >= 0.3 is 6.03 Å². The molecule has 158 valence electrons. The van der Waals surface area contributed by atoms with Gasteiger partial charge in [0.2, 0.25) is 0 Å². The Morgan fingerprint density at radius 2 is 1.90 bits per heavy atom. The number of aromatic nitrogens is 3. The van der Waals surface area contributed by atoms with Gasteiger partial charge < -0.3 is 14.4 Å². The van der Waals surface area contributed by atoms with Crippen molar-refractivity contribution < 1.29 is 9.59 Å². The number of carbonyl (C=O) groups is 2. The summed E-state index contributed by atoms with van der Waals surface area (Å²) in [5, 5.41) is 7.27. The van der Waals surface area contributed by atoms with E-state index in [4.69, 9.17) is 0 Å². The summed E-state index contributed by atoms with van der Waals surface area (Å²) in [6.45, 7) is 3.21. The Kier molecular flexibility index (Phi) is 5.01. The number of fused-ring (bicyclic) bond motifs is 4. The summed E-state index contributed by atoms with van der Waals surface area (Å²) in [5.74, 6) is 0.227. The van der Waals surface area contributed by atoms with Crippen LogP contribution in [0.5, 0.6) is 0 Å².